The van der Waals surface area contributed by atoms with Gasteiger partial charge in [0.25, 0.3) is 0 Å². The van der Waals surface area contributed by atoms with Crippen molar-refractivity contribution in [2.75, 3.05) is 45.9 Å². The lowest BCUT2D eigenvalue weighted by molar-refractivity contribution is -0.140. The van der Waals surface area contributed by atoms with Crippen molar-refractivity contribution in [1.82, 2.24) is 19.6 Å². The van der Waals surface area contributed by atoms with Crippen molar-refractivity contribution in [1.29, 1.82) is 0 Å². The number of morpholine rings is 1. The molecule has 0 unspecified atom stereocenters. The van der Waals surface area contributed by atoms with Gasteiger partial charge in [-0.2, -0.15) is 5.10 Å². The first kappa shape index (κ1) is 19.6. The van der Waals surface area contributed by atoms with Crippen molar-refractivity contribution in [3.8, 4) is 5.69 Å². The Kier molecular flexibility index (Phi) is 5.56. The average molecular weight is 385 g/mol. The van der Waals surface area contributed by atoms with Gasteiger partial charge in [-0.15, -0.1) is 0 Å². The molecule has 0 saturated carbocycles. The molecule has 2 aromatic rings. The van der Waals surface area contributed by atoms with Gasteiger partial charge in [0.1, 0.15) is 0 Å². The molecule has 152 valence electrons. The van der Waals surface area contributed by atoms with Crippen LogP contribution in [0.2, 0.25) is 0 Å². The molecule has 1 atom stereocenters. The van der Waals surface area contributed by atoms with Crippen molar-refractivity contribution in [2.45, 2.75) is 32.4 Å². The maximum absolute atomic E-state index is 11.5. The molecule has 28 heavy (non-hydrogen) atoms. The Balaban J connectivity index is 1.38. The molecule has 6 nitrogen and oxygen atoms in total. The van der Waals surface area contributed by atoms with Crippen LogP contribution in [0.3, 0.4) is 0 Å². The van der Waals surface area contributed by atoms with Gasteiger partial charge in [-0.05, 0) is 18.6 Å². The lowest BCUT2D eigenvalue weighted by Crippen LogP contribution is -2.62. The molecule has 0 spiro atoms. The Labute approximate surface area is 167 Å². The molecule has 0 bridgehead atoms. The molecule has 1 aromatic heterocycles. The predicted octanol–water partition coefficient (Wildman–Crippen LogP) is 2.17. The quantitative estimate of drug-likeness (QED) is 0.856. The van der Waals surface area contributed by atoms with Gasteiger partial charge in [0.05, 0.1) is 30.7 Å². The molecule has 0 radical (unpaired) electrons. The molecule has 1 N–H and O–H groups in total. The molecule has 6 heteroatoms. The van der Waals surface area contributed by atoms with Gasteiger partial charge in [0.2, 0.25) is 0 Å². The number of likely N-dealkylation sites (tertiary alicyclic amines) is 1. The molecular formula is C22H32N4O2. The number of β-amino-alcohol motifs (C(OH)–C–C–N with tert-alkyl or cyclic N) is 1. The summed E-state index contributed by atoms with van der Waals surface area (Å²) in [5, 5.41) is 16.0. The molecular weight excluding hydrogens is 352 g/mol. The first-order valence-electron chi connectivity index (χ1n) is 10.3. The van der Waals surface area contributed by atoms with Crippen molar-refractivity contribution in [3.05, 3.63) is 48.3 Å². The lowest BCUT2D eigenvalue weighted by atomic mass is 9.69. The maximum Gasteiger partial charge on any atom is 0.0849 e. The van der Waals surface area contributed by atoms with E-state index < -0.39 is 5.60 Å². The topological polar surface area (TPSA) is 53.8 Å². The Morgan fingerprint density at radius 3 is 2.54 bits per heavy atom. The van der Waals surface area contributed by atoms with Gasteiger partial charge in [0, 0.05) is 56.4 Å². The van der Waals surface area contributed by atoms with Gasteiger partial charge in [-0.3, -0.25) is 9.80 Å². The second kappa shape index (κ2) is 7.95. The van der Waals surface area contributed by atoms with Crippen LogP contribution in [0.4, 0.5) is 0 Å². The summed E-state index contributed by atoms with van der Waals surface area (Å²) in [6, 6.07) is 10.2. The molecule has 3 heterocycles. The van der Waals surface area contributed by atoms with E-state index in [1.165, 1.54) is 5.56 Å². The van der Waals surface area contributed by atoms with Crippen LogP contribution in [-0.4, -0.2) is 76.2 Å². The third-order valence-corrected chi connectivity index (χ3v) is 6.37. The third-order valence-electron chi connectivity index (χ3n) is 6.37. The number of rotatable bonds is 5. The second-order valence-corrected chi connectivity index (χ2v) is 8.89. The fourth-order valence-electron chi connectivity index (χ4n) is 4.45. The molecule has 1 aromatic carbocycles. The van der Waals surface area contributed by atoms with Crippen molar-refractivity contribution >= 4 is 0 Å². The highest BCUT2D eigenvalue weighted by molar-refractivity contribution is 5.30. The first-order valence-corrected chi connectivity index (χ1v) is 10.3. The molecule has 2 saturated heterocycles. The summed E-state index contributed by atoms with van der Waals surface area (Å²) in [6.45, 7) is 11.2. The summed E-state index contributed by atoms with van der Waals surface area (Å²) < 4.78 is 7.38. The minimum absolute atomic E-state index is 0.168. The average Bonchev–Trinajstić information content (AvgIpc) is 3.15. The second-order valence-electron chi connectivity index (χ2n) is 8.89. The fourth-order valence-corrected chi connectivity index (χ4v) is 4.45. The first-order chi connectivity index (χ1) is 13.5. The number of ether oxygens (including phenoxy) is 1. The van der Waals surface area contributed by atoms with Crippen molar-refractivity contribution in [2.24, 2.45) is 5.41 Å². The monoisotopic (exact) mass is 384 g/mol. The van der Waals surface area contributed by atoms with Gasteiger partial charge < -0.3 is 9.84 Å². The van der Waals surface area contributed by atoms with E-state index in [1.54, 1.807) is 0 Å². The zero-order chi connectivity index (χ0) is 19.6. The highest BCUT2D eigenvalue weighted by Crippen LogP contribution is 2.39. The number of aliphatic hydroxyl groups is 1. The Hall–Kier alpha value is -1.73. The van der Waals surface area contributed by atoms with Gasteiger partial charge in [-0.1, -0.05) is 32.0 Å². The van der Waals surface area contributed by atoms with Crippen LogP contribution in [0, 0.1) is 5.41 Å². The maximum atomic E-state index is 11.5. The number of para-hydroxylation sites is 1. The fraction of sp³-hybridized carbons (Fsp3) is 0.591. The van der Waals surface area contributed by atoms with E-state index in [0.717, 1.165) is 64.6 Å². The van der Waals surface area contributed by atoms with Crippen molar-refractivity contribution < 1.29 is 9.84 Å². The SMILES string of the molecule is CC1(C)CN(Cc2cnn(-c3ccccc3)c2)CC[C@]1(O)CN1CCOCC1. The van der Waals surface area contributed by atoms with Crippen LogP contribution >= 0.6 is 0 Å². The van der Waals surface area contributed by atoms with Gasteiger partial charge >= 0.3 is 0 Å². The Bertz CT molecular complexity index is 770. The van der Waals surface area contributed by atoms with Gasteiger partial charge in [-0.25, -0.2) is 4.68 Å². The van der Waals surface area contributed by atoms with Gasteiger partial charge in [0.15, 0.2) is 0 Å². The minimum atomic E-state index is -0.658. The summed E-state index contributed by atoms with van der Waals surface area (Å²) in [4.78, 5) is 4.80. The molecule has 2 aliphatic heterocycles. The Morgan fingerprint density at radius 2 is 1.82 bits per heavy atom. The van der Waals surface area contributed by atoms with Crippen LogP contribution in [-0.2, 0) is 11.3 Å². The summed E-state index contributed by atoms with van der Waals surface area (Å²) in [5.74, 6) is 0. The lowest BCUT2D eigenvalue weighted by Gasteiger charge is -2.52. The summed E-state index contributed by atoms with van der Waals surface area (Å²) in [5.41, 5.74) is 1.46. The summed E-state index contributed by atoms with van der Waals surface area (Å²) in [7, 11) is 0. The Morgan fingerprint density at radius 1 is 1.07 bits per heavy atom. The van der Waals surface area contributed by atoms with E-state index in [4.69, 9.17) is 4.74 Å². The van der Waals surface area contributed by atoms with Crippen LogP contribution in [0.1, 0.15) is 25.8 Å². The highest BCUT2D eigenvalue weighted by atomic mass is 16.5. The smallest absolute Gasteiger partial charge is 0.0849 e. The molecule has 2 aliphatic rings. The molecule has 0 amide bonds. The van der Waals surface area contributed by atoms with E-state index in [0.29, 0.717) is 0 Å². The molecule has 0 aliphatic carbocycles. The van der Waals surface area contributed by atoms with E-state index in [2.05, 4.69) is 47.1 Å². The van der Waals surface area contributed by atoms with Crippen LogP contribution in [0.25, 0.3) is 5.69 Å². The molecule has 2 fully saturated rings. The number of piperidine rings is 1. The normalized spacial score (nSPS) is 26.4. The predicted molar refractivity (Wildman–Crippen MR) is 109 cm³/mol. The largest absolute Gasteiger partial charge is 0.388 e. The number of aromatic nitrogens is 2. The van der Waals surface area contributed by atoms with Crippen LogP contribution in [0.15, 0.2) is 42.7 Å². The summed E-state index contributed by atoms with van der Waals surface area (Å²) >= 11 is 0. The van der Waals surface area contributed by atoms with Crippen LogP contribution < -0.4 is 0 Å². The zero-order valence-electron chi connectivity index (χ0n) is 17.0. The summed E-state index contributed by atoms with van der Waals surface area (Å²) in [6.07, 6.45) is 4.86. The number of benzene rings is 1. The van der Waals surface area contributed by atoms with E-state index in [-0.39, 0.29) is 5.41 Å². The molecule has 4 rings (SSSR count). The third kappa shape index (κ3) is 4.15. The standard InChI is InChI=1S/C22H32N4O2/c1-21(2)17-25(9-8-22(21,27)18-24-10-12-28-13-11-24)15-19-14-23-26(16-19)20-6-4-3-5-7-20/h3-7,14,16,27H,8-13,15,17-18H2,1-2H3/t22-/m0/s1. The minimum Gasteiger partial charge on any atom is -0.388 e. The van der Waals surface area contributed by atoms with E-state index in [9.17, 15) is 5.11 Å². The number of hydrogen-bond donors (Lipinski definition) is 1. The van der Waals surface area contributed by atoms with Crippen molar-refractivity contribution in [3.63, 3.8) is 0 Å². The highest BCUT2D eigenvalue weighted by Gasteiger charge is 2.48. The zero-order valence-corrected chi connectivity index (χ0v) is 17.0. The number of nitrogens with zero attached hydrogens (tertiary/aromatic N) is 4. The van der Waals surface area contributed by atoms with E-state index in [1.807, 2.05) is 29.1 Å². The van der Waals surface area contributed by atoms with Crippen LogP contribution in [0.5, 0.6) is 0 Å². The van der Waals surface area contributed by atoms with E-state index >= 15 is 0 Å². The number of hydrogen-bond acceptors (Lipinski definition) is 5.